The first-order chi connectivity index (χ1) is 13.7. The van der Waals surface area contributed by atoms with Gasteiger partial charge in [-0.05, 0) is 37.5 Å². The molecule has 1 aliphatic rings. The van der Waals surface area contributed by atoms with Crippen molar-refractivity contribution in [1.82, 2.24) is 25.4 Å². The number of nitrogens with one attached hydrogen (secondary N) is 2. The first kappa shape index (κ1) is 23.4. The van der Waals surface area contributed by atoms with Crippen LogP contribution in [0.4, 0.5) is 0 Å². The average molecular weight is 514 g/mol. The Labute approximate surface area is 189 Å². The molecule has 0 spiro atoms. The fraction of sp³-hybridized carbons (Fsp3) is 0.550. The van der Waals surface area contributed by atoms with E-state index in [0.717, 1.165) is 55.7 Å². The minimum atomic E-state index is 0. The first-order valence-corrected chi connectivity index (χ1v) is 9.82. The number of aromatic nitrogens is 3. The van der Waals surface area contributed by atoms with Crippen LogP contribution in [0.2, 0.25) is 0 Å². The molecule has 2 heterocycles. The maximum absolute atomic E-state index is 5.56. The maximum atomic E-state index is 5.56. The molecule has 0 saturated carbocycles. The Hall–Kier alpha value is -1.88. The van der Waals surface area contributed by atoms with Gasteiger partial charge in [-0.15, -0.1) is 24.0 Å². The summed E-state index contributed by atoms with van der Waals surface area (Å²) in [4.78, 5) is 8.88. The number of ether oxygens (including phenoxy) is 2. The lowest BCUT2D eigenvalue weighted by molar-refractivity contribution is 0.177. The molecule has 160 valence electrons. The number of fused-ring (bicyclic) bond motifs is 1. The van der Waals surface area contributed by atoms with E-state index in [1.54, 1.807) is 14.2 Å². The van der Waals surface area contributed by atoms with Gasteiger partial charge in [0.25, 0.3) is 0 Å². The molecule has 1 unspecified atom stereocenters. The van der Waals surface area contributed by atoms with Crippen molar-refractivity contribution < 1.29 is 9.47 Å². The number of hydrogen-bond acceptors (Lipinski definition) is 5. The predicted molar refractivity (Wildman–Crippen MR) is 124 cm³/mol. The SMILES string of the molecule is CCOc1cccc(CCNC(=NC)NC2CCc3nc(COC)nn3C2)c1.I. The van der Waals surface area contributed by atoms with Gasteiger partial charge in [-0.1, -0.05) is 12.1 Å². The third kappa shape index (κ3) is 6.84. The fourth-order valence-corrected chi connectivity index (χ4v) is 3.34. The quantitative estimate of drug-likeness (QED) is 0.319. The lowest BCUT2D eigenvalue weighted by Crippen LogP contribution is -2.47. The second kappa shape index (κ2) is 12.0. The van der Waals surface area contributed by atoms with Crippen molar-refractivity contribution >= 4 is 29.9 Å². The van der Waals surface area contributed by atoms with Gasteiger partial charge in [-0.3, -0.25) is 4.99 Å². The largest absolute Gasteiger partial charge is 0.494 e. The van der Waals surface area contributed by atoms with Crippen LogP contribution in [0.1, 0.15) is 30.6 Å². The molecule has 0 bridgehead atoms. The van der Waals surface area contributed by atoms with Crippen molar-refractivity contribution in [2.24, 2.45) is 4.99 Å². The highest BCUT2D eigenvalue weighted by Gasteiger charge is 2.22. The lowest BCUT2D eigenvalue weighted by Gasteiger charge is -2.25. The Balaban J connectivity index is 0.00000300. The molecule has 0 fully saturated rings. The summed E-state index contributed by atoms with van der Waals surface area (Å²) in [7, 11) is 3.46. The number of aryl methyl sites for hydroxylation is 1. The van der Waals surface area contributed by atoms with E-state index in [4.69, 9.17) is 9.47 Å². The summed E-state index contributed by atoms with van der Waals surface area (Å²) in [6.07, 6.45) is 2.80. The number of halogens is 1. The summed E-state index contributed by atoms with van der Waals surface area (Å²) in [6, 6.07) is 8.50. The molecule has 2 N–H and O–H groups in total. The zero-order chi connectivity index (χ0) is 19.8. The number of rotatable bonds is 8. The number of nitrogens with zero attached hydrogens (tertiary/aromatic N) is 4. The van der Waals surface area contributed by atoms with E-state index in [0.29, 0.717) is 13.2 Å². The van der Waals surface area contributed by atoms with Gasteiger partial charge in [0.15, 0.2) is 11.8 Å². The van der Waals surface area contributed by atoms with Crippen LogP contribution < -0.4 is 15.4 Å². The van der Waals surface area contributed by atoms with Crippen molar-refractivity contribution in [3.05, 3.63) is 41.5 Å². The van der Waals surface area contributed by atoms with E-state index >= 15 is 0 Å². The Morgan fingerprint density at radius 3 is 3.00 bits per heavy atom. The molecule has 0 aliphatic carbocycles. The smallest absolute Gasteiger partial charge is 0.191 e. The van der Waals surface area contributed by atoms with Crippen LogP contribution in [-0.2, 0) is 30.7 Å². The summed E-state index contributed by atoms with van der Waals surface area (Å²) >= 11 is 0. The number of methoxy groups -OCH3 is 1. The highest BCUT2D eigenvalue weighted by Crippen LogP contribution is 2.14. The molecule has 0 saturated heterocycles. The summed E-state index contributed by atoms with van der Waals surface area (Å²) in [5.41, 5.74) is 1.24. The fourth-order valence-electron chi connectivity index (χ4n) is 3.34. The molecule has 9 heteroatoms. The highest BCUT2D eigenvalue weighted by molar-refractivity contribution is 14.0. The van der Waals surface area contributed by atoms with Crippen molar-refractivity contribution in [3.63, 3.8) is 0 Å². The third-order valence-corrected chi connectivity index (χ3v) is 4.66. The molecule has 0 radical (unpaired) electrons. The van der Waals surface area contributed by atoms with E-state index in [1.807, 2.05) is 23.7 Å². The maximum Gasteiger partial charge on any atom is 0.191 e. The third-order valence-electron chi connectivity index (χ3n) is 4.66. The van der Waals surface area contributed by atoms with E-state index in [2.05, 4.69) is 37.8 Å². The van der Waals surface area contributed by atoms with Crippen molar-refractivity contribution in [2.45, 2.75) is 45.4 Å². The van der Waals surface area contributed by atoms with Crippen LogP contribution >= 0.6 is 24.0 Å². The molecule has 1 atom stereocenters. The molecule has 2 aromatic rings. The summed E-state index contributed by atoms with van der Waals surface area (Å²) in [6.45, 7) is 4.71. The van der Waals surface area contributed by atoms with Crippen LogP contribution in [0.15, 0.2) is 29.3 Å². The van der Waals surface area contributed by atoms with Crippen LogP contribution in [0.3, 0.4) is 0 Å². The van der Waals surface area contributed by atoms with Gasteiger partial charge in [-0.2, -0.15) is 5.10 Å². The van der Waals surface area contributed by atoms with Crippen LogP contribution in [0, 0.1) is 0 Å². The molecule has 8 nitrogen and oxygen atoms in total. The molecule has 29 heavy (non-hydrogen) atoms. The van der Waals surface area contributed by atoms with Crippen molar-refractivity contribution in [3.8, 4) is 5.75 Å². The minimum Gasteiger partial charge on any atom is -0.494 e. The Bertz CT molecular complexity index is 795. The normalized spacial score (nSPS) is 16.0. The molecular weight excluding hydrogens is 483 g/mol. The van der Waals surface area contributed by atoms with E-state index in [1.165, 1.54) is 5.56 Å². The zero-order valence-electron chi connectivity index (χ0n) is 17.4. The number of hydrogen-bond donors (Lipinski definition) is 2. The van der Waals surface area contributed by atoms with Gasteiger partial charge in [0, 0.05) is 33.2 Å². The van der Waals surface area contributed by atoms with Crippen molar-refractivity contribution in [2.75, 3.05) is 27.3 Å². The average Bonchev–Trinajstić information content (AvgIpc) is 3.10. The standard InChI is InChI=1S/C20H30N6O2.HI/c1-4-28-17-7-5-6-15(12-17)10-11-22-20(21-2)23-16-8-9-19-24-18(14-27-3)25-26(19)13-16;/h5-7,12,16H,4,8-11,13-14H2,1-3H3,(H2,21,22,23);1H. The first-order valence-electron chi connectivity index (χ1n) is 9.82. The van der Waals surface area contributed by atoms with Gasteiger partial charge < -0.3 is 20.1 Å². The van der Waals surface area contributed by atoms with Gasteiger partial charge in [-0.25, -0.2) is 9.67 Å². The molecule has 1 aliphatic heterocycles. The van der Waals surface area contributed by atoms with Crippen molar-refractivity contribution in [1.29, 1.82) is 0 Å². The van der Waals surface area contributed by atoms with Gasteiger partial charge in [0.05, 0.1) is 13.2 Å². The molecule has 0 amide bonds. The van der Waals surface area contributed by atoms with Gasteiger partial charge >= 0.3 is 0 Å². The monoisotopic (exact) mass is 514 g/mol. The topological polar surface area (TPSA) is 85.6 Å². The Morgan fingerprint density at radius 1 is 1.38 bits per heavy atom. The highest BCUT2D eigenvalue weighted by atomic mass is 127. The number of benzene rings is 1. The van der Waals surface area contributed by atoms with E-state index < -0.39 is 0 Å². The molecule has 3 rings (SSSR count). The van der Waals surface area contributed by atoms with Crippen LogP contribution in [-0.4, -0.2) is 54.1 Å². The molecular formula is C20H31IN6O2. The predicted octanol–water partition coefficient (Wildman–Crippen LogP) is 2.16. The van der Waals surface area contributed by atoms with Gasteiger partial charge in [0.1, 0.15) is 18.2 Å². The summed E-state index contributed by atoms with van der Waals surface area (Å²) in [5.74, 6) is 3.50. The minimum absolute atomic E-state index is 0. The second-order valence-electron chi connectivity index (χ2n) is 6.77. The van der Waals surface area contributed by atoms with E-state index in [9.17, 15) is 0 Å². The van der Waals surface area contributed by atoms with Gasteiger partial charge in [0.2, 0.25) is 0 Å². The Morgan fingerprint density at radius 2 is 2.24 bits per heavy atom. The summed E-state index contributed by atoms with van der Waals surface area (Å²) < 4.78 is 12.7. The lowest BCUT2D eigenvalue weighted by atomic mass is 10.1. The molecule has 1 aromatic carbocycles. The number of aliphatic imine (C=N–C) groups is 1. The summed E-state index contributed by atoms with van der Waals surface area (Å²) in [5, 5.41) is 11.4. The second-order valence-corrected chi connectivity index (χ2v) is 6.77. The van der Waals surface area contributed by atoms with Crippen LogP contribution in [0.25, 0.3) is 0 Å². The Kier molecular flexibility index (Phi) is 9.65. The molecule has 1 aromatic heterocycles. The zero-order valence-corrected chi connectivity index (χ0v) is 19.7. The van der Waals surface area contributed by atoms with E-state index in [-0.39, 0.29) is 30.0 Å². The number of guanidine groups is 1. The van der Waals surface area contributed by atoms with Crippen LogP contribution in [0.5, 0.6) is 5.75 Å².